The lowest BCUT2D eigenvalue weighted by atomic mass is 10.5. The predicted octanol–water partition coefficient (Wildman–Crippen LogP) is 0.623. The lowest BCUT2D eigenvalue weighted by Crippen LogP contribution is -2.40. The van der Waals surface area contributed by atoms with Gasteiger partial charge in [-0.2, -0.15) is 0 Å². The Morgan fingerprint density at radius 3 is 2.38 bits per heavy atom. The Morgan fingerprint density at radius 1 is 1.38 bits per heavy atom. The maximum Gasteiger partial charge on any atom is 0.335 e. The molecular formula is C8H21NO3Si. The molecule has 0 aliphatic carbocycles. The third kappa shape index (κ3) is 6.17. The van der Waals surface area contributed by atoms with Gasteiger partial charge < -0.3 is 14.0 Å². The van der Waals surface area contributed by atoms with E-state index in [-0.39, 0.29) is 6.61 Å². The molecule has 4 nitrogen and oxygen atoms in total. The molecular weight excluding hydrogens is 186 g/mol. The number of aliphatic hydroxyl groups is 1. The molecule has 13 heavy (non-hydrogen) atoms. The van der Waals surface area contributed by atoms with Crippen molar-refractivity contribution in [2.75, 3.05) is 34.5 Å². The van der Waals surface area contributed by atoms with Gasteiger partial charge in [0.15, 0.2) is 0 Å². The highest BCUT2D eigenvalue weighted by atomic mass is 28.4. The number of hydrogen-bond acceptors (Lipinski definition) is 4. The Kier molecular flexibility index (Phi) is 6.53. The van der Waals surface area contributed by atoms with Gasteiger partial charge in [0.25, 0.3) is 0 Å². The molecule has 5 heteroatoms. The second-order valence-corrected chi connectivity index (χ2v) is 6.98. The smallest absolute Gasteiger partial charge is 0.335 e. The fourth-order valence-electron chi connectivity index (χ4n) is 0.899. The van der Waals surface area contributed by atoms with Gasteiger partial charge in [0.1, 0.15) is 0 Å². The maximum atomic E-state index is 8.70. The molecule has 0 aromatic rings. The summed E-state index contributed by atoms with van der Waals surface area (Å²) in [6.07, 6.45) is 0.754. The van der Waals surface area contributed by atoms with Crippen molar-refractivity contribution in [2.45, 2.75) is 19.0 Å². The number of rotatable bonds is 7. The molecule has 0 radical (unpaired) electrons. The largest absolute Gasteiger partial charge is 0.398 e. The van der Waals surface area contributed by atoms with Crippen LogP contribution in [0.1, 0.15) is 6.42 Å². The monoisotopic (exact) mass is 207 g/mol. The Bertz CT molecular complexity index is 135. The van der Waals surface area contributed by atoms with Crippen molar-refractivity contribution in [2.24, 2.45) is 0 Å². The molecule has 0 heterocycles. The van der Waals surface area contributed by atoms with E-state index < -0.39 is 8.56 Å². The summed E-state index contributed by atoms with van der Waals surface area (Å²) in [7, 11) is 3.58. The molecule has 0 aromatic carbocycles. The van der Waals surface area contributed by atoms with Crippen LogP contribution in [0.2, 0.25) is 12.6 Å². The van der Waals surface area contributed by atoms with Gasteiger partial charge in [-0.1, -0.05) is 0 Å². The zero-order valence-electron chi connectivity index (χ0n) is 9.04. The minimum atomic E-state index is -2.01. The Hall–Kier alpha value is 0.0569. The van der Waals surface area contributed by atoms with Crippen molar-refractivity contribution >= 4 is 8.56 Å². The van der Waals surface area contributed by atoms with Crippen molar-refractivity contribution in [3.8, 4) is 0 Å². The number of hydrogen-bond donors (Lipinski definition) is 1. The minimum absolute atomic E-state index is 0.206. The van der Waals surface area contributed by atoms with E-state index in [1.807, 2.05) is 25.5 Å². The topological polar surface area (TPSA) is 41.9 Å². The van der Waals surface area contributed by atoms with E-state index in [4.69, 9.17) is 14.0 Å². The van der Waals surface area contributed by atoms with E-state index in [0.29, 0.717) is 6.73 Å². The summed E-state index contributed by atoms with van der Waals surface area (Å²) in [5.41, 5.74) is 0. The summed E-state index contributed by atoms with van der Waals surface area (Å²) in [5.74, 6) is 0. The van der Waals surface area contributed by atoms with Crippen molar-refractivity contribution in [1.82, 2.24) is 4.90 Å². The first-order chi connectivity index (χ1) is 6.04. The minimum Gasteiger partial charge on any atom is -0.398 e. The quantitative estimate of drug-likeness (QED) is 0.491. The fraction of sp³-hybridized carbons (Fsp3) is 1.00. The van der Waals surface area contributed by atoms with Gasteiger partial charge in [0.05, 0.1) is 6.73 Å². The first-order valence-corrected chi connectivity index (χ1v) is 7.01. The highest BCUT2D eigenvalue weighted by Gasteiger charge is 2.29. The van der Waals surface area contributed by atoms with Crippen molar-refractivity contribution in [3.63, 3.8) is 0 Å². The standard InChI is InChI=1S/C8H21NO3Si/c1-9(2)8-12-13(4,11-3)7-5-6-10/h10H,5-8H2,1-4H3. The molecule has 0 amide bonds. The molecule has 0 saturated carbocycles. The second kappa shape index (κ2) is 6.50. The Labute approximate surface area is 81.7 Å². The molecule has 0 saturated heterocycles. The molecule has 0 aliphatic heterocycles. The van der Waals surface area contributed by atoms with Gasteiger partial charge >= 0.3 is 8.56 Å². The van der Waals surface area contributed by atoms with Crippen LogP contribution in [-0.2, 0) is 8.85 Å². The summed E-state index contributed by atoms with van der Waals surface area (Å²) in [6.45, 7) is 2.81. The molecule has 0 rings (SSSR count). The van der Waals surface area contributed by atoms with Gasteiger partial charge in [-0.25, -0.2) is 0 Å². The number of aliphatic hydroxyl groups excluding tert-OH is 1. The summed E-state index contributed by atoms with van der Waals surface area (Å²) in [4.78, 5) is 1.96. The Morgan fingerprint density at radius 2 is 2.00 bits per heavy atom. The van der Waals surface area contributed by atoms with E-state index in [1.165, 1.54) is 0 Å². The molecule has 0 spiro atoms. The zero-order valence-corrected chi connectivity index (χ0v) is 10.0. The third-order valence-electron chi connectivity index (χ3n) is 1.85. The fourth-order valence-corrected chi connectivity index (χ4v) is 2.70. The van der Waals surface area contributed by atoms with Gasteiger partial charge in [-0.15, -0.1) is 0 Å². The van der Waals surface area contributed by atoms with Gasteiger partial charge in [-0.3, -0.25) is 4.90 Å². The second-order valence-electron chi connectivity index (χ2n) is 3.52. The van der Waals surface area contributed by atoms with E-state index in [9.17, 15) is 0 Å². The molecule has 0 bridgehead atoms. The van der Waals surface area contributed by atoms with Crippen molar-refractivity contribution in [3.05, 3.63) is 0 Å². The lowest BCUT2D eigenvalue weighted by Gasteiger charge is -2.26. The van der Waals surface area contributed by atoms with Crippen LogP contribution in [0.25, 0.3) is 0 Å². The van der Waals surface area contributed by atoms with Crippen LogP contribution in [0, 0.1) is 0 Å². The van der Waals surface area contributed by atoms with E-state index >= 15 is 0 Å². The van der Waals surface area contributed by atoms with Crippen molar-refractivity contribution in [1.29, 1.82) is 0 Å². The van der Waals surface area contributed by atoms with Crippen LogP contribution < -0.4 is 0 Å². The van der Waals surface area contributed by atoms with Crippen LogP contribution in [0.3, 0.4) is 0 Å². The first-order valence-electron chi connectivity index (χ1n) is 4.49. The number of nitrogens with zero attached hydrogens (tertiary/aromatic N) is 1. The van der Waals surface area contributed by atoms with Gasteiger partial charge in [0.2, 0.25) is 0 Å². The van der Waals surface area contributed by atoms with Crippen LogP contribution in [0.5, 0.6) is 0 Å². The predicted molar refractivity (Wildman–Crippen MR) is 54.8 cm³/mol. The summed E-state index contributed by atoms with van der Waals surface area (Å²) in [5, 5.41) is 8.70. The Balaban J connectivity index is 3.81. The SMILES string of the molecule is CO[Si](C)(CCCO)OCN(C)C. The molecule has 0 aromatic heterocycles. The highest BCUT2D eigenvalue weighted by molar-refractivity contribution is 6.65. The van der Waals surface area contributed by atoms with E-state index in [2.05, 4.69) is 0 Å². The molecule has 1 unspecified atom stereocenters. The van der Waals surface area contributed by atoms with E-state index in [1.54, 1.807) is 7.11 Å². The van der Waals surface area contributed by atoms with Gasteiger partial charge in [0, 0.05) is 13.7 Å². The normalized spacial score (nSPS) is 16.2. The average molecular weight is 207 g/mol. The highest BCUT2D eigenvalue weighted by Crippen LogP contribution is 2.14. The third-order valence-corrected chi connectivity index (χ3v) is 4.71. The zero-order chi connectivity index (χ0) is 10.3. The van der Waals surface area contributed by atoms with Crippen molar-refractivity contribution < 1.29 is 14.0 Å². The van der Waals surface area contributed by atoms with Crippen LogP contribution in [-0.4, -0.2) is 53.1 Å². The average Bonchev–Trinajstić information content (AvgIpc) is 2.11. The molecule has 80 valence electrons. The summed E-state index contributed by atoms with van der Waals surface area (Å²) in [6, 6.07) is 0.841. The summed E-state index contributed by atoms with van der Waals surface area (Å²) < 4.78 is 11.0. The van der Waals surface area contributed by atoms with Crippen LogP contribution in [0.4, 0.5) is 0 Å². The molecule has 0 fully saturated rings. The van der Waals surface area contributed by atoms with Crippen LogP contribution in [0.15, 0.2) is 0 Å². The molecule has 0 aliphatic rings. The van der Waals surface area contributed by atoms with E-state index in [0.717, 1.165) is 12.5 Å². The van der Waals surface area contributed by atoms with Gasteiger partial charge in [-0.05, 0) is 33.1 Å². The maximum absolute atomic E-state index is 8.70. The first kappa shape index (κ1) is 13.1. The van der Waals surface area contributed by atoms with Crippen LogP contribution >= 0.6 is 0 Å². The lowest BCUT2D eigenvalue weighted by molar-refractivity contribution is 0.123. The summed E-state index contributed by atoms with van der Waals surface area (Å²) >= 11 is 0. The molecule has 1 N–H and O–H groups in total. The molecule has 1 atom stereocenters.